The SMILES string of the molecule is OC(Cc1c(F)ccc(Br)c1F)c1ccc2c(c1)OCO2. The highest BCUT2D eigenvalue weighted by atomic mass is 79.9. The van der Waals surface area contributed by atoms with Crippen molar-refractivity contribution >= 4 is 15.9 Å². The van der Waals surface area contributed by atoms with Crippen molar-refractivity contribution in [3.8, 4) is 11.5 Å². The maximum atomic E-state index is 13.9. The molecule has 6 heteroatoms. The molecule has 1 unspecified atom stereocenters. The van der Waals surface area contributed by atoms with Crippen LogP contribution in [0.5, 0.6) is 11.5 Å². The fraction of sp³-hybridized carbons (Fsp3) is 0.200. The van der Waals surface area contributed by atoms with E-state index in [9.17, 15) is 13.9 Å². The van der Waals surface area contributed by atoms with Gasteiger partial charge in [-0.3, -0.25) is 0 Å². The van der Waals surface area contributed by atoms with E-state index in [4.69, 9.17) is 9.47 Å². The van der Waals surface area contributed by atoms with E-state index in [2.05, 4.69) is 15.9 Å². The molecular weight excluding hydrogens is 346 g/mol. The molecule has 110 valence electrons. The quantitative estimate of drug-likeness (QED) is 0.851. The van der Waals surface area contributed by atoms with Crippen LogP contribution >= 0.6 is 15.9 Å². The topological polar surface area (TPSA) is 38.7 Å². The molecule has 2 aromatic carbocycles. The Kier molecular flexibility index (Phi) is 3.82. The van der Waals surface area contributed by atoms with E-state index in [1.807, 2.05) is 0 Å². The van der Waals surface area contributed by atoms with Gasteiger partial charge in [0.05, 0.1) is 10.6 Å². The van der Waals surface area contributed by atoms with Gasteiger partial charge in [0.1, 0.15) is 11.6 Å². The summed E-state index contributed by atoms with van der Waals surface area (Å²) in [5, 5.41) is 10.2. The zero-order valence-electron chi connectivity index (χ0n) is 10.8. The van der Waals surface area contributed by atoms with Gasteiger partial charge in [-0.15, -0.1) is 0 Å². The Morgan fingerprint density at radius 1 is 1.14 bits per heavy atom. The zero-order valence-corrected chi connectivity index (χ0v) is 12.4. The largest absolute Gasteiger partial charge is 0.454 e. The molecule has 1 heterocycles. The normalized spacial score (nSPS) is 14.3. The first kappa shape index (κ1) is 14.3. The van der Waals surface area contributed by atoms with E-state index in [1.165, 1.54) is 6.07 Å². The first-order valence-electron chi connectivity index (χ1n) is 6.26. The maximum absolute atomic E-state index is 13.9. The number of ether oxygens (including phenoxy) is 2. The Bertz CT molecular complexity index is 691. The lowest BCUT2D eigenvalue weighted by Crippen LogP contribution is -2.06. The molecule has 2 aromatic rings. The average molecular weight is 357 g/mol. The van der Waals surface area contributed by atoms with Crippen molar-refractivity contribution in [1.82, 2.24) is 0 Å². The fourth-order valence-electron chi connectivity index (χ4n) is 2.19. The molecule has 0 fully saturated rings. The van der Waals surface area contributed by atoms with Gasteiger partial charge in [-0.1, -0.05) is 6.07 Å². The van der Waals surface area contributed by atoms with E-state index in [-0.39, 0.29) is 23.2 Å². The summed E-state index contributed by atoms with van der Waals surface area (Å²) in [5.41, 5.74) is 0.354. The van der Waals surface area contributed by atoms with Crippen molar-refractivity contribution in [3.63, 3.8) is 0 Å². The lowest BCUT2D eigenvalue weighted by molar-refractivity contribution is 0.170. The molecule has 0 aliphatic carbocycles. The monoisotopic (exact) mass is 356 g/mol. The van der Waals surface area contributed by atoms with Crippen molar-refractivity contribution in [2.75, 3.05) is 6.79 Å². The number of fused-ring (bicyclic) bond motifs is 1. The lowest BCUT2D eigenvalue weighted by Gasteiger charge is -2.13. The van der Waals surface area contributed by atoms with E-state index in [1.54, 1.807) is 18.2 Å². The van der Waals surface area contributed by atoms with Gasteiger partial charge in [0.2, 0.25) is 6.79 Å². The van der Waals surface area contributed by atoms with Crippen LogP contribution in [0.4, 0.5) is 8.78 Å². The van der Waals surface area contributed by atoms with Crippen molar-refractivity contribution in [2.24, 2.45) is 0 Å². The molecule has 1 aliphatic heterocycles. The van der Waals surface area contributed by atoms with Gasteiger partial charge in [0.15, 0.2) is 11.5 Å². The second kappa shape index (κ2) is 5.61. The van der Waals surface area contributed by atoms with Crippen LogP contribution in [0.2, 0.25) is 0 Å². The molecular formula is C15H11BrF2O3. The number of aliphatic hydroxyl groups is 1. The molecule has 0 radical (unpaired) electrons. The Hall–Kier alpha value is -1.66. The van der Waals surface area contributed by atoms with Crippen molar-refractivity contribution in [2.45, 2.75) is 12.5 Å². The van der Waals surface area contributed by atoms with Gasteiger partial charge in [-0.2, -0.15) is 0 Å². The summed E-state index contributed by atoms with van der Waals surface area (Å²) in [5.74, 6) is -0.280. The van der Waals surface area contributed by atoms with E-state index < -0.39 is 17.7 Å². The number of hydrogen-bond donors (Lipinski definition) is 1. The summed E-state index contributed by atoms with van der Waals surface area (Å²) < 4.78 is 38.2. The number of benzene rings is 2. The van der Waals surface area contributed by atoms with Crippen LogP contribution in [-0.4, -0.2) is 11.9 Å². The molecule has 1 atom stereocenters. The van der Waals surface area contributed by atoms with Crippen LogP contribution in [0.15, 0.2) is 34.8 Å². The summed E-state index contributed by atoms with van der Waals surface area (Å²) >= 11 is 3.01. The average Bonchev–Trinajstić information content (AvgIpc) is 2.94. The first-order chi connectivity index (χ1) is 10.1. The molecule has 3 nitrogen and oxygen atoms in total. The molecule has 0 saturated heterocycles. The second-order valence-electron chi connectivity index (χ2n) is 4.65. The minimum Gasteiger partial charge on any atom is -0.454 e. The highest BCUT2D eigenvalue weighted by Crippen LogP contribution is 2.35. The summed E-state index contributed by atoms with van der Waals surface area (Å²) in [4.78, 5) is 0. The standard InChI is InChI=1S/C15H11BrF2O3/c16-10-2-3-11(17)9(15(10)18)6-12(19)8-1-4-13-14(5-8)21-7-20-13/h1-5,12,19H,6-7H2. The van der Waals surface area contributed by atoms with E-state index >= 15 is 0 Å². The lowest BCUT2D eigenvalue weighted by atomic mass is 10.0. The Balaban J connectivity index is 1.87. The fourth-order valence-corrected chi connectivity index (χ4v) is 2.56. The third kappa shape index (κ3) is 2.73. The second-order valence-corrected chi connectivity index (χ2v) is 5.51. The number of rotatable bonds is 3. The minimum absolute atomic E-state index is 0.129. The van der Waals surface area contributed by atoms with Gasteiger partial charge < -0.3 is 14.6 Å². The van der Waals surface area contributed by atoms with Crippen LogP contribution in [0.25, 0.3) is 0 Å². The summed E-state index contributed by atoms with van der Waals surface area (Å²) in [6.07, 6.45) is -1.21. The van der Waals surface area contributed by atoms with E-state index in [0.29, 0.717) is 17.1 Å². The highest BCUT2D eigenvalue weighted by Gasteiger charge is 2.20. The van der Waals surface area contributed by atoms with Crippen LogP contribution in [0.3, 0.4) is 0 Å². The third-order valence-corrected chi connectivity index (χ3v) is 3.93. The van der Waals surface area contributed by atoms with Gasteiger partial charge in [0, 0.05) is 12.0 Å². The molecule has 1 aliphatic rings. The van der Waals surface area contributed by atoms with Gasteiger partial charge in [-0.25, -0.2) is 8.78 Å². The van der Waals surface area contributed by atoms with Crippen molar-refractivity contribution < 1.29 is 23.4 Å². The predicted octanol–water partition coefficient (Wildman–Crippen LogP) is 3.73. The smallest absolute Gasteiger partial charge is 0.231 e. The number of hydrogen-bond acceptors (Lipinski definition) is 3. The Morgan fingerprint density at radius 2 is 1.90 bits per heavy atom. The molecule has 3 rings (SSSR count). The first-order valence-corrected chi connectivity index (χ1v) is 7.05. The molecule has 0 saturated carbocycles. The summed E-state index contributed by atoms with van der Waals surface area (Å²) in [7, 11) is 0. The Labute approximate surface area is 128 Å². The number of aliphatic hydroxyl groups excluding tert-OH is 1. The van der Waals surface area contributed by atoms with E-state index in [0.717, 1.165) is 6.07 Å². The molecule has 0 bridgehead atoms. The minimum atomic E-state index is -1.04. The van der Waals surface area contributed by atoms with Crippen molar-refractivity contribution in [3.05, 3.63) is 57.6 Å². The number of halogens is 3. The van der Waals surface area contributed by atoms with Crippen LogP contribution in [-0.2, 0) is 6.42 Å². The predicted molar refractivity (Wildman–Crippen MR) is 75.3 cm³/mol. The van der Waals surface area contributed by atoms with Gasteiger partial charge >= 0.3 is 0 Å². The molecule has 21 heavy (non-hydrogen) atoms. The Morgan fingerprint density at radius 3 is 2.71 bits per heavy atom. The maximum Gasteiger partial charge on any atom is 0.231 e. The van der Waals surface area contributed by atoms with Crippen LogP contribution in [0, 0.1) is 11.6 Å². The highest BCUT2D eigenvalue weighted by molar-refractivity contribution is 9.10. The van der Waals surface area contributed by atoms with Gasteiger partial charge in [-0.05, 0) is 45.8 Å². The van der Waals surface area contributed by atoms with Crippen molar-refractivity contribution in [1.29, 1.82) is 0 Å². The van der Waals surface area contributed by atoms with Crippen LogP contribution in [0.1, 0.15) is 17.2 Å². The summed E-state index contributed by atoms with van der Waals surface area (Å²) in [6.45, 7) is 0.129. The molecule has 0 amide bonds. The van der Waals surface area contributed by atoms with Crippen LogP contribution < -0.4 is 9.47 Å². The zero-order chi connectivity index (χ0) is 15.0. The molecule has 0 spiro atoms. The summed E-state index contributed by atoms with van der Waals surface area (Å²) in [6, 6.07) is 7.37. The molecule has 0 aromatic heterocycles. The van der Waals surface area contributed by atoms with Gasteiger partial charge in [0.25, 0.3) is 0 Å². The third-order valence-electron chi connectivity index (χ3n) is 3.32. The molecule has 1 N–H and O–H groups in total.